The van der Waals surface area contributed by atoms with Crippen molar-refractivity contribution in [3.8, 4) is 0 Å². The second-order valence-corrected chi connectivity index (χ2v) is 6.32. The Morgan fingerprint density at radius 2 is 1.85 bits per heavy atom. The number of rotatable bonds is 3. The van der Waals surface area contributed by atoms with Gasteiger partial charge in [-0.25, -0.2) is 0 Å². The van der Waals surface area contributed by atoms with Gasteiger partial charge in [0.2, 0.25) is 17.8 Å². The Bertz CT molecular complexity index is 438. The van der Waals surface area contributed by atoms with Gasteiger partial charge in [-0.15, -0.1) is 0 Å². The Hall–Kier alpha value is -1.63. The number of nitrogens with one attached hydrogen (secondary N) is 1. The number of nitrogens with zero attached hydrogens (tertiary/aromatic N) is 3. The van der Waals surface area contributed by atoms with Gasteiger partial charge in [-0.05, 0) is 18.3 Å². The summed E-state index contributed by atoms with van der Waals surface area (Å²) in [6, 6.07) is 0. The zero-order chi connectivity index (χ0) is 14.8. The number of nitrogens with two attached hydrogens (primary N) is 2. The van der Waals surface area contributed by atoms with E-state index in [0.717, 1.165) is 26.0 Å². The molecule has 2 unspecified atom stereocenters. The van der Waals surface area contributed by atoms with Crippen molar-refractivity contribution in [3.05, 3.63) is 0 Å². The summed E-state index contributed by atoms with van der Waals surface area (Å²) in [4.78, 5) is 11.8. The monoisotopic (exact) mass is 280 g/mol. The molecule has 7 nitrogen and oxygen atoms in total. The third-order valence-electron chi connectivity index (χ3n) is 3.49. The van der Waals surface area contributed by atoms with E-state index >= 15 is 0 Å². The van der Waals surface area contributed by atoms with Gasteiger partial charge in [0.1, 0.15) is 0 Å². The van der Waals surface area contributed by atoms with Gasteiger partial charge in [0.25, 0.3) is 0 Å². The fourth-order valence-electron chi connectivity index (χ4n) is 2.72. The molecule has 1 fully saturated rings. The minimum absolute atomic E-state index is 0.115. The summed E-state index contributed by atoms with van der Waals surface area (Å²) in [5, 5.41) is 3.20. The van der Waals surface area contributed by atoms with Crippen LogP contribution >= 0.6 is 0 Å². The lowest BCUT2D eigenvalue weighted by atomic mass is 9.78. The van der Waals surface area contributed by atoms with Crippen molar-refractivity contribution < 1.29 is 4.74 Å². The lowest BCUT2D eigenvalue weighted by Gasteiger charge is -2.40. The molecule has 1 saturated heterocycles. The van der Waals surface area contributed by atoms with Crippen molar-refractivity contribution in [1.82, 2.24) is 15.0 Å². The smallest absolute Gasteiger partial charge is 0.229 e. The first-order valence-corrected chi connectivity index (χ1v) is 6.99. The van der Waals surface area contributed by atoms with Crippen molar-refractivity contribution >= 4 is 17.8 Å². The molecule has 20 heavy (non-hydrogen) atoms. The molecular formula is C13H24N6O. The number of hydrogen-bond donors (Lipinski definition) is 3. The number of aromatic nitrogens is 3. The van der Waals surface area contributed by atoms with Gasteiger partial charge in [-0.3, -0.25) is 0 Å². The maximum absolute atomic E-state index is 5.95. The molecule has 1 aromatic heterocycles. The van der Waals surface area contributed by atoms with E-state index in [1.165, 1.54) is 0 Å². The van der Waals surface area contributed by atoms with Gasteiger partial charge in [0, 0.05) is 19.1 Å². The molecule has 0 saturated carbocycles. The predicted octanol–water partition coefficient (Wildman–Crippen LogP) is 1.29. The van der Waals surface area contributed by atoms with Crippen LogP contribution in [0.5, 0.6) is 0 Å². The van der Waals surface area contributed by atoms with Gasteiger partial charge < -0.3 is 21.5 Å². The van der Waals surface area contributed by atoms with Gasteiger partial charge in [0.15, 0.2) is 0 Å². The first-order valence-electron chi connectivity index (χ1n) is 6.99. The highest BCUT2D eigenvalue weighted by Crippen LogP contribution is 2.34. The van der Waals surface area contributed by atoms with Gasteiger partial charge in [-0.2, -0.15) is 15.0 Å². The minimum Gasteiger partial charge on any atom is -0.377 e. The zero-order valence-electron chi connectivity index (χ0n) is 12.4. The SMILES string of the molecule is CC(C)(C)C1OCCCC1CNc1nc(N)nc(N)n1. The number of anilines is 3. The van der Waals surface area contributed by atoms with Crippen LogP contribution in [0.3, 0.4) is 0 Å². The van der Waals surface area contributed by atoms with Crippen LogP contribution in [0.1, 0.15) is 33.6 Å². The van der Waals surface area contributed by atoms with Gasteiger partial charge in [-0.1, -0.05) is 20.8 Å². The van der Waals surface area contributed by atoms with E-state index in [4.69, 9.17) is 16.2 Å². The Kier molecular flexibility index (Phi) is 4.27. The molecule has 2 heterocycles. The van der Waals surface area contributed by atoms with Crippen molar-refractivity contribution in [2.45, 2.75) is 39.7 Å². The van der Waals surface area contributed by atoms with Crippen molar-refractivity contribution in [2.24, 2.45) is 11.3 Å². The van der Waals surface area contributed by atoms with Crippen LogP contribution in [0.4, 0.5) is 17.8 Å². The molecule has 0 spiro atoms. The van der Waals surface area contributed by atoms with Crippen LogP contribution in [0, 0.1) is 11.3 Å². The number of hydrogen-bond acceptors (Lipinski definition) is 7. The molecule has 0 aliphatic carbocycles. The van der Waals surface area contributed by atoms with Crippen molar-refractivity contribution in [3.63, 3.8) is 0 Å². The lowest BCUT2D eigenvalue weighted by Crippen LogP contribution is -2.42. The maximum Gasteiger partial charge on any atom is 0.229 e. The Morgan fingerprint density at radius 1 is 1.20 bits per heavy atom. The predicted molar refractivity (Wildman–Crippen MR) is 79.1 cm³/mol. The first kappa shape index (κ1) is 14.8. The maximum atomic E-state index is 5.95. The molecular weight excluding hydrogens is 256 g/mol. The summed E-state index contributed by atoms with van der Waals surface area (Å²) in [6.45, 7) is 8.19. The van der Waals surface area contributed by atoms with E-state index in [0.29, 0.717) is 11.9 Å². The van der Waals surface area contributed by atoms with Crippen molar-refractivity contribution in [2.75, 3.05) is 29.9 Å². The van der Waals surface area contributed by atoms with E-state index in [2.05, 4.69) is 41.0 Å². The van der Waals surface area contributed by atoms with E-state index in [9.17, 15) is 0 Å². The highest BCUT2D eigenvalue weighted by molar-refractivity contribution is 5.37. The minimum atomic E-state index is 0.115. The standard InChI is InChI=1S/C13H24N6O/c1-13(2,3)9-8(5-4-6-20-9)7-16-12-18-10(14)17-11(15)19-12/h8-9H,4-7H2,1-3H3,(H5,14,15,16,17,18,19). The second-order valence-electron chi connectivity index (χ2n) is 6.32. The third kappa shape index (κ3) is 3.69. The first-order chi connectivity index (χ1) is 9.36. The zero-order valence-corrected chi connectivity index (χ0v) is 12.4. The highest BCUT2D eigenvalue weighted by atomic mass is 16.5. The summed E-state index contributed by atoms with van der Waals surface area (Å²) >= 11 is 0. The van der Waals surface area contributed by atoms with Crippen LogP contribution in [0.15, 0.2) is 0 Å². The average molecular weight is 280 g/mol. The van der Waals surface area contributed by atoms with Crippen molar-refractivity contribution in [1.29, 1.82) is 0 Å². The average Bonchev–Trinajstić information content (AvgIpc) is 2.34. The molecule has 1 aliphatic rings. The summed E-state index contributed by atoms with van der Waals surface area (Å²) in [5.74, 6) is 1.11. The van der Waals surface area contributed by atoms with E-state index in [-0.39, 0.29) is 23.4 Å². The van der Waals surface area contributed by atoms with Crippen LogP contribution < -0.4 is 16.8 Å². The van der Waals surface area contributed by atoms with E-state index in [1.807, 2.05) is 0 Å². The molecule has 0 aromatic carbocycles. The Labute approximate surface area is 119 Å². The molecule has 112 valence electrons. The summed E-state index contributed by atoms with van der Waals surface area (Å²) in [7, 11) is 0. The molecule has 1 aliphatic heterocycles. The lowest BCUT2D eigenvalue weighted by molar-refractivity contribution is -0.0814. The molecule has 2 atom stereocenters. The largest absolute Gasteiger partial charge is 0.377 e. The normalized spacial score (nSPS) is 23.6. The van der Waals surface area contributed by atoms with Crippen LogP contribution in [-0.4, -0.2) is 34.2 Å². The topological polar surface area (TPSA) is 112 Å². The summed E-state index contributed by atoms with van der Waals surface area (Å²) in [5.41, 5.74) is 11.2. The van der Waals surface area contributed by atoms with Crippen LogP contribution in [-0.2, 0) is 4.74 Å². The molecule has 0 radical (unpaired) electrons. The molecule has 1 aromatic rings. The fourth-order valence-corrected chi connectivity index (χ4v) is 2.72. The third-order valence-corrected chi connectivity index (χ3v) is 3.49. The molecule has 5 N–H and O–H groups in total. The molecule has 2 rings (SSSR count). The van der Waals surface area contributed by atoms with E-state index in [1.54, 1.807) is 0 Å². The fraction of sp³-hybridized carbons (Fsp3) is 0.769. The molecule has 7 heteroatoms. The molecule has 0 bridgehead atoms. The number of ether oxygens (including phenoxy) is 1. The second kappa shape index (κ2) is 5.78. The number of nitrogen functional groups attached to an aromatic ring is 2. The Morgan fingerprint density at radius 3 is 2.45 bits per heavy atom. The molecule has 0 amide bonds. The van der Waals surface area contributed by atoms with E-state index < -0.39 is 0 Å². The summed E-state index contributed by atoms with van der Waals surface area (Å²) in [6.07, 6.45) is 2.44. The summed E-state index contributed by atoms with van der Waals surface area (Å²) < 4.78 is 5.95. The van der Waals surface area contributed by atoms with Crippen LogP contribution in [0.2, 0.25) is 0 Å². The van der Waals surface area contributed by atoms with Crippen LogP contribution in [0.25, 0.3) is 0 Å². The Balaban J connectivity index is 2.01. The highest BCUT2D eigenvalue weighted by Gasteiger charge is 2.35. The van der Waals surface area contributed by atoms with Gasteiger partial charge in [0.05, 0.1) is 6.10 Å². The van der Waals surface area contributed by atoms with Gasteiger partial charge >= 0.3 is 0 Å². The quantitative estimate of drug-likeness (QED) is 0.764.